The van der Waals surface area contributed by atoms with E-state index in [2.05, 4.69) is 48.3 Å². The molecular formula is C18H25N3. The van der Waals surface area contributed by atoms with E-state index < -0.39 is 0 Å². The Balaban J connectivity index is 2.02. The predicted molar refractivity (Wildman–Crippen MR) is 90.2 cm³/mol. The molecule has 3 nitrogen and oxygen atoms in total. The van der Waals surface area contributed by atoms with Crippen LogP contribution in [0.4, 0.5) is 5.69 Å². The van der Waals surface area contributed by atoms with E-state index in [1.54, 1.807) is 0 Å². The van der Waals surface area contributed by atoms with Gasteiger partial charge in [0.15, 0.2) is 0 Å². The van der Waals surface area contributed by atoms with Crippen LogP contribution in [-0.4, -0.2) is 31.2 Å². The lowest BCUT2D eigenvalue weighted by atomic mass is 10.0. The third-order valence-electron chi connectivity index (χ3n) is 4.26. The second kappa shape index (κ2) is 6.44. The molecule has 2 heterocycles. The van der Waals surface area contributed by atoms with Gasteiger partial charge in [-0.3, -0.25) is 4.98 Å². The number of rotatable bonds is 4. The molecular weight excluding hydrogens is 258 g/mol. The van der Waals surface area contributed by atoms with Crippen LogP contribution in [-0.2, 0) is 6.42 Å². The van der Waals surface area contributed by atoms with Gasteiger partial charge in [-0.1, -0.05) is 19.4 Å². The molecule has 1 saturated heterocycles. The highest BCUT2D eigenvalue weighted by Gasteiger charge is 2.14. The van der Waals surface area contributed by atoms with Gasteiger partial charge in [0.25, 0.3) is 0 Å². The largest absolute Gasteiger partial charge is 0.368 e. The van der Waals surface area contributed by atoms with Crippen LogP contribution in [0.2, 0.25) is 0 Å². The summed E-state index contributed by atoms with van der Waals surface area (Å²) in [5.74, 6) is 0. The molecule has 1 aromatic carbocycles. The molecule has 21 heavy (non-hydrogen) atoms. The maximum absolute atomic E-state index is 4.71. The average molecular weight is 283 g/mol. The summed E-state index contributed by atoms with van der Waals surface area (Å²) in [4.78, 5) is 7.21. The van der Waals surface area contributed by atoms with E-state index in [9.17, 15) is 0 Å². The van der Waals surface area contributed by atoms with Crippen LogP contribution in [0, 0.1) is 6.92 Å². The summed E-state index contributed by atoms with van der Waals surface area (Å²) in [6.45, 7) is 8.64. The number of unbranched alkanes of at least 4 members (excludes halogenated alkanes) is 1. The summed E-state index contributed by atoms with van der Waals surface area (Å²) < 4.78 is 0. The van der Waals surface area contributed by atoms with Crippen LogP contribution in [0.15, 0.2) is 24.3 Å². The number of nitrogens with one attached hydrogen (secondary N) is 1. The van der Waals surface area contributed by atoms with Crippen molar-refractivity contribution < 1.29 is 0 Å². The molecule has 0 unspecified atom stereocenters. The number of nitrogens with zero attached hydrogens (tertiary/aromatic N) is 2. The number of fused-ring (bicyclic) bond motifs is 1. The van der Waals surface area contributed by atoms with Gasteiger partial charge in [-0.25, -0.2) is 0 Å². The third-order valence-corrected chi connectivity index (χ3v) is 4.26. The van der Waals surface area contributed by atoms with Crippen molar-refractivity contribution in [2.24, 2.45) is 0 Å². The number of anilines is 1. The van der Waals surface area contributed by atoms with Crippen LogP contribution in [0.5, 0.6) is 0 Å². The highest BCUT2D eigenvalue weighted by Crippen LogP contribution is 2.28. The third kappa shape index (κ3) is 3.18. The first-order valence-corrected chi connectivity index (χ1v) is 8.14. The Labute approximate surface area is 127 Å². The normalized spacial score (nSPS) is 15.6. The van der Waals surface area contributed by atoms with Crippen molar-refractivity contribution >= 4 is 16.6 Å². The van der Waals surface area contributed by atoms with Crippen molar-refractivity contribution in [2.45, 2.75) is 33.1 Å². The molecule has 0 saturated carbocycles. The Hall–Kier alpha value is -1.61. The molecule has 1 aromatic heterocycles. The van der Waals surface area contributed by atoms with E-state index >= 15 is 0 Å². The molecule has 0 aliphatic carbocycles. The van der Waals surface area contributed by atoms with Crippen LogP contribution >= 0.6 is 0 Å². The van der Waals surface area contributed by atoms with Crippen molar-refractivity contribution in [3.05, 3.63) is 35.5 Å². The minimum atomic E-state index is 1.07. The second-order valence-corrected chi connectivity index (χ2v) is 5.97. The van der Waals surface area contributed by atoms with Gasteiger partial charge in [-0.15, -0.1) is 0 Å². The number of hydrogen-bond donors (Lipinski definition) is 1. The highest BCUT2D eigenvalue weighted by atomic mass is 15.2. The van der Waals surface area contributed by atoms with Crippen molar-refractivity contribution in [1.82, 2.24) is 10.3 Å². The Morgan fingerprint density at radius 1 is 1.19 bits per heavy atom. The summed E-state index contributed by atoms with van der Waals surface area (Å²) in [6.07, 6.45) is 3.67. The molecule has 0 amide bonds. The SMILES string of the molecule is CCCCc1ccc2nc(C)cc(N3CCNCC3)c2c1. The van der Waals surface area contributed by atoms with Crippen molar-refractivity contribution in [2.75, 3.05) is 31.1 Å². The molecule has 1 N–H and O–H groups in total. The summed E-state index contributed by atoms with van der Waals surface area (Å²) in [5, 5.41) is 4.74. The van der Waals surface area contributed by atoms with Crippen molar-refractivity contribution in [3.8, 4) is 0 Å². The molecule has 0 spiro atoms. The molecule has 112 valence electrons. The Morgan fingerprint density at radius 3 is 2.76 bits per heavy atom. The fourth-order valence-electron chi connectivity index (χ4n) is 3.09. The first kappa shape index (κ1) is 14.3. The monoisotopic (exact) mass is 283 g/mol. The first-order valence-electron chi connectivity index (χ1n) is 8.14. The topological polar surface area (TPSA) is 28.2 Å². The van der Waals surface area contributed by atoms with Crippen LogP contribution in [0.1, 0.15) is 31.0 Å². The molecule has 2 aromatic rings. The van der Waals surface area contributed by atoms with E-state index in [0.717, 1.165) is 37.4 Å². The summed E-state index contributed by atoms with van der Waals surface area (Å²) in [6, 6.07) is 9.04. The zero-order valence-electron chi connectivity index (χ0n) is 13.2. The first-order chi connectivity index (χ1) is 10.3. The molecule has 3 heteroatoms. The van der Waals surface area contributed by atoms with Crippen molar-refractivity contribution in [3.63, 3.8) is 0 Å². The van der Waals surface area contributed by atoms with Gasteiger partial charge < -0.3 is 10.2 Å². The maximum Gasteiger partial charge on any atom is 0.0726 e. The molecule has 1 fully saturated rings. The number of benzene rings is 1. The van der Waals surface area contributed by atoms with Gasteiger partial charge in [0.1, 0.15) is 0 Å². The average Bonchev–Trinajstić information content (AvgIpc) is 2.53. The summed E-state index contributed by atoms with van der Waals surface area (Å²) in [5.41, 5.74) is 5.03. The fraction of sp³-hybridized carbons (Fsp3) is 0.500. The van der Waals surface area contributed by atoms with E-state index in [4.69, 9.17) is 4.98 Å². The summed E-state index contributed by atoms with van der Waals surface area (Å²) in [7, 11) is 0. The lowest BCUT2D eigenvalue weighted by molar-refractivity contribution is 0.590. The quantitative estimate of drug-likeness (QED) is 0.933. The van der Waals surface area contributed by atoms with E-state index in [1.807, 2.05) is 0 Å². The molecule has 1 aliphatic heterocycles. The molecule has 0 bridgehead atoms. The predicted octanol–water partition coefficient (Wildman–Crippen LogP) is 3.30. The van der Waals surface area contributed by atoms with E-state index in [0.29, 0.717) is 0 Å². The second-order valence-electron chi connectivity index (χ2n) is 5.97. The summed E-state index contributed by atoms with van der Waals surface area (Å²) >= 11 is 0. The zero-order valence-corrected chi connectivity index (χ0v) is 13.2. The minimum absolute atomic E-state index is 1.07. The molecule has 0 atom stereocenters. The number of aromatic nitrogens is 1. The van der Waals surface area contributed by atoms with Crippen molar-refractivity contribution in [1.29, 1.82) is 0 Å². The number of pyridine rings is 1. The number of piperazine rings is 1. The van der Waals surface area contributed by atoms with Gasteiger partial charge in [0.2, 0.25) is 0 Å². The van der Waals surface area contributed by atoms with E-state index in [-0.39, 0.29) is 0 Å². The van der Waals surface area contributed by atoms with Gasteiger partial charge in [0, 0.05) is 42.9 Å². The zero-order chi connectivity index (χ0) is 14.7. The molecule has 3 rings (SSSR count). The van der Waals surface area contributed by atoms with E-state index in [1.165, 1.54) is 35.9 Å². The van der Waals surface area contributed by atoms with Crippen LogP contribution in [0.25, 0.3) is 10.9 Å². The Bertz CT molecular complexity index is 615. The lowest BCUT2D eigenvalue weighted by Crippen LogP contribution is -2.43. The van der Waals surface area contributed by atoms with Gasteiger partial charge in [0.05, 0.1) is 5.52 Å². The van der Waals surface area contributed by atoms with Gasteiger partial charge in [-0.05, 0) is 43.5 Å². The Morgan fingerprint density at radius 2 is 2.00 bits per heavy atom. The maximum atomic E-state index is 4.71. The minimum Gasteiger partial charge on any atom is -0.368 e. The van der Waals surface area contributed by atoms with Crippen LogP contribution < -0.4 is 10.2 Å². The molecule has 0 radical (unpaired) electrons. The lowest BCUT2D eigenvalue weighted by Gasteiger charge is -2.30. The molecule has 1 aliphatic rings. The standard InChI is InChI=1S/C18H25N3/c1-3-4-5-15-6-7-17-16(13-15)18(12-14(2)20-17)21-10-8-19-9-11-21/h6-7,12-13,19H,3-5,8-11H2,1-2H3. The number of aryl methyl sites for hydroxylation is 2. The van der Waals surface area contributed by atoms with Gasteiger partial charge in [-0.2, -0.15) is 0 Å². The fourth-order valence-corrected chi connectivity index (χ4v) is 3.09. The number of hydrogen-bond acceptors (Lipinski definition) is 3. The highest BCUT2D eigenvalue weighted by molar-refractivity contribution is 5.92. The van der Waals surface area contributed by atoms with Gasteiger partial charge >= 0.3 is 0 Å². The Kier molecular flexibility index (Phi) is 4.39. The smallest absolute Gasteiger partial charge is 0.0726 e. The van der Waals surface area contributed by atoms with Crippen LogP contribution in [0.3, 0.4) is 0 Å².